The molecule has 0 fully saturated rings. The van der Waals surface area contributed by atoms with E-state index in [9.17, 15) is 4.79 Å². The largest absolute Gasteiger partial charge is 0.355 e. The summed E-state index contributed by atoms with van der Waals surface area (Å²) in [5, 5.41) is 3.05. The van der Waals surface area contributed by atoms with Crippen molar-refractivity contribution in [3.63, 3.8) is 0 Å². The average Bonchev–Trinajstić information content (AvgIpc) is 2.92. The number of hydrogen-bond acceptors (Lipinski definition) is 2. The number of nitrogens with zero attached hydrogens (tertiary/aromatic N) is 1. The van der Waals surface area contributed by atoms with E-state index in [1.165, 1.54) is 11.1 Å². The van der Waals surface area contributed by atoms with Gasteiger partial charge in [0.1, 0.15) is 0 Å². The lowest BCUT2D eigenvalue weighted by molar-refractivity contribution is -0.122. The van der Waals surface area contributed by atoms with Crippen molar-refractivity contribution in [2.45, 2.75) is 25.2 Å². The van der Waals surface area contributed by atoms with Gasteiger partial charge in [-0.2, -0.15) is 0 Å². The molecule has 0 radical (unpaired) electrons. The number of carbonyl (C=O) groups is 1. The highest BCUT2D eigenvalue weighted by Crippen LogP contribution is 2.32. The highest BCUT2D eigenvalue weighted by atomic mass is 16.1. The van der Waals surface area contributed by atoms with Crippen LogP contribution in [0.2, 0.25) is 0 Å². The SMILES string of the molecule is O=C(NCCc1cccnc1)C1CCc2ccccc21. The molecular formula is C17H18N2O. The zero-order valence-electron chi connectivity index (χ0n) is 11.4. The van der Waals surface area contributed by atoms with E-state index in [0.717, 1.165) is 24.8 Å². The number of benzene rings is 1. The van der Waals surface area contributed by atoms with E-state index in [2.05, 4.69) is 22.4 Å². The lowest BCUT2D eigenvalue weighted by Crippen LogP contribution is -2.30. The molecule has 0 spiro atoms. The number of rotatable bonds is 4. The maximum atomic E-state index is 12.3. The van der Waals surface area contributed by atoms with Crippen LogP contribution in [0.3, 0.4) is 0 Å². The van der Waals surface area contributed by atoms with Crippen LogP contribution < -0.4 is 5.32 Å². The van der Waals surface area contributed by atoms with Gasteiger partial charge >= 0.3 is 0 Å². The van der Waals surface area contributed by atoms with Gasteiger partial charge in [-0.1, -0.05) is 30.3 Å². The van der Waals surface area contributed by atoms with Gasteiger partial charge in [0.15, 0.2) is 0 Å². The minimum absolute atomic E-state index is 0.0279. The lowest BCUT2D eigenvalue weighted by Gasteiger charge is -2.12. The molecule has 0 bridgehead atoms. The normalized spacial score (nSPS) is 16.7. The maximum Gasteiger partial charge on any atom is 0.227 e. The topological polar surface area (TPSA) is 42.0 Å². The van der Waals surface area contributed by atoms with Gasteiger partial charge in [0.2, 0.25) is 5.91 Å². The van der Waals surface area contributed by atoms with Gasteiger partial charge in [0.25, 0.3) is 0 Å². The van der Waals surface area contributed by atoms with Gasteiger partial charge in [0, 0.05) is 18.9 Å². The number of nitrogens with one attached hydrogen (secondary N) is 1. The van der Waals surface area contributed by atoms with E-state index >= 15 is 0 Å². The lowest BCUT2D eigenvalue weighted by atomic mass is 10.0. The molecule has 20 heavy (non-hydrogen) atoms. The number of aryl methyl sites for hydroxylation is 1. The minimum atomic E-state index is 0.0279. The van der Waals surface area contributed by atoms with Crippen molar-refractivity contribution in [2.24, 2.45) is 0 Å². The summed E-state index contributed by atoms with van der Waals surface area (Å²) in [4.78, 5) is 16.3. The monoisotopic (exact) mass is 266 g/mol. The first kappa shape index (κ1) is 12.9. The molecule has 1 aliphatic carbocycles. The maximum absolute atomic E-state index is 12.3. The van der Waals surface area contributed by atoms with Gasteiger partial charge in [0.05, 0.1) is 5.92 Å². The summed E-state index contributed by atoms with van der Waals surface area (Å²) < 4.78 is 0. The van der Waals surface area contributed by atoms with Crippen LogP contribution in [0.25, 0.3) is 0 Å². The van der Waals surface area contributed by atoms with E-state index in [0.29, 0.717) is 6.54 Å². The smallest absolute Gasteiger partial charge is 0.227 e. The Morgan fingerprint density at radius 1 is 1.25 bits per heavy atom. The molecule has 3 nitrogen and oxygen atoms in total. The molecule has 0 saturated heterocycles. The van der Waals surface area contributed by atoms with E-state index in [1.54, 1.807) is 6.20 Å². The molecule has 102 valence electrons. The van der Waals surface area contributed by atoms with Crippen LogP contribution in [-0.4, -0.2) is 17.4 Å². The molecule has 1 aliphatic rings. The highest BCUT2D eigenvalue weighted by Gasteiger charge is 2.27. The number of fused-ring (bicyclic) bond motifs is 1. The third-order valence-corrected chi connectivity index (χ3v) is 3.89. The Kier molecular flexibility index (Phi) is 3.77. The van der Waals surface area contributed by atoms with Crippen molar-refractivity contribution in [3.05, 3.63) is 65.5 Å². The Morgan fingerprint density at radius 2 is 2.15 bits per heavy atom. The van der Waals surface area contributed by atoms with Crippen molar-refractivity contribution < 1.29 is 4.79 Å². The third-order valence-electron chi connectivity index (χ3n) is 3.89. The number of hydrogen-bond donors (Lipinski definition) is 1. The summed E-state index contributed by atoms with van der Waals surface area (Å²) in [6.45, 7) is 0.670. The second-order valence-electron chi connectivity index (χ2n) is 5.19. The third kappa shape index (κ3) is 2.72. The van der Waals surface area contributed by atoms with Crippen molar-refractivity contribution in [1.82, 2.24) is 10.3 Å². The minimum Gasteiger partial charge on any atom is -0.355 e. The Labute approximate surface area is 119 Å². The van der Waals surface area contributed by atoms with Crippen LogP contribution in [-0.2, 0) is 17.6 Å². The van der Waals surface area contributed by atoms with Crippen LogP contribution in [0.5, 0.6) is 0 Å². The van der Waals surface area contributed by atoms with Gasteiger partial charge in [-0.25, -0.2) is 0 Å². The summed E-state index contributed by atoms with van der Waals surface area (Å²) in [7, 11) is 0. The van der Waals surface area contributed by atoms with Crippen LogP contribution in [0.15, 0.2) is 48.8 Å². The quantitative estimate of drug-likeness (QED) is 0.923. The molecule has 0 aliphatic heterocycles. The molecule has 2 aromatic rings. The number of pyridine rings is 1. The number of amides is 1. The molecule has 1 heterocycles. The van der Waals surface area contributed by atoms with Crippen LogP contribution in [0.1, 0.15) is 29.0 Å². The summed E-state index contributed by atoms with van der Waals surface area (Å²) in [5.74, 6) is 0.180. The molecular weight excluding hydrogens is 248 g/mol. The molecule has 1 aromatic heterocycles. The van der Waals surface area contributed by atoms with Crippen molar-refractivity contribution in [1.29, 1.82) is 0 Å². The fraction of sp³-hybridized carbons (Fsp3) is 0.294. The zero-order valence-corrected chi connectivity index (χ0v) is 11.4. The van der Waals surface area contributed by atoms with Gasteiger partial charge in [-0.05, 0) is 42.0 Å². The molecule has 3 heteroatoms. The Balaban J connectivity index is 1.56. The first-order valence-corrected chi connectivity index (χ1v) is 7.09. The van der Waals surface area contributed by atoms with Crippen molar-refractivity contribution in [3.8, 4) is 0 Å². The second kappa shape index (κ2) is 5.87. The number of carbonyl (C=O) groups excluding carboxylic acids is 1. The van der Waals surface area contributed by atoms with Crippen molar-refractivity contribution >= 4 is 5.91 Å². The van der Waals surface area contributed by atoms with E-state index < -0.39 is 0 Å². The van der Waals surface area contributed by atoms with Crippen LogP contribution in [0.4, 0.5) is 0 Å². The molecule has 1 atom stereocenters. The summed E-state index contributed by atoms with van der Waals surface area (Å²) in [5.41, 5.74) is 3.67. The second-order valence-corrected chi connectivity index (χ2v) is 5.19. The predicted octanol–water partition coefficient (Wildman–Crippen LogP) is 2.47. The summed E-state index contributed by atoms with van der Waals surface area (Å²) >= 11 is 0. The summed E-state index contributed by atoms with van der Waals surface area (Å²) in [6, 6.07) is 12.2. The van der Waals surface area contributed by atoms with Crippen LogP contribution in [0, 0.1) is 0 Å². The molecule has 1 unspecified atom stereocenters. The van der Waals surface area contributed by atoms with Crippen molar-refractivity contribution in [2.75, 3.05) is 6.54 Å². The van der Waals surface area contributed by atoms with Gasteiger partial charge < -0.3 is 5.32 Å². The Bertz CT molecular complexity index is 595. The van der Waals surface area contributed by atoms with E-state index in [1.807, 2.05) is 30.5 Å². The Morgan fingerprint density at radius 3 is 3.00 bits per heavy atom. The molecule has 1 amide bonds. The van der Waals surface area contributed by atoms with E-state index in [-0.39, 0.29) is 11.8 Å². The van der Waals surface area contributed by atoms with Gasteiger partial charge in [-0.15, -0.1) is 0 Å². The zero-order chi connectivity index (χ0) is 13.8. The Hall–Kier alpha value is -2.16. The first-order valence-electron chi connectivity index (χ1n) is 7.09. The first-order chi connectivity index (χ1) is 9.84. The molecule has 1 aromatic carbocycles. The fourth-order valence-electron chi connectivity index (χ4n) is 2.83. The summed E-state index contributed by atoms with van der Waals surface area (Å²) in [6.07, 6.45) is 6.37. The standard InChI is InChI=1S/C17H18N2O/c20-17(19-11-9-13-4-3-10-18-12-13)16-8-7-14-5-1-2-6-15(14)16/h1-6,10,12,16H,7-9,11H2,(H,19,20). The average molecular weight is 266 g/mol. The fourth-order valence-corrected chi connectivity index (χ4v) is 2.83. The van der Waals surface area contributed by atoms with Crippen LogP contribution >= 0.6 is 0 Å². The number of aromatic nitrogens is 1. The van der Waals surface area contributed by atoms with E-state index in [4.69, 9.17) is 0 Å². The molecule has 1 N–H and O–H groups in total. The molecule has 3 rings (SSSR count). The predicted molar refractivity (Wildman–Crippen MR) is 78.5 cm³/mol. The highest BCUT2D eigenvalue weighted by molar-refractivity contribution is 5.84. The molecule has 0 saturated carbocycles. The van der Waals surface area contributed by atoms with Gasteiger partial charge in [-0.3, -0.25) is 9.78 Å².